The van der Waals surface area contributed by atoms with Gasteiger partial charge in [0.1, 0.15) is 5.75 Å². The second-order valence-corrected chi connectivity index (χ2v) is 6.41. The highest BCUT2D eigenvalue weighted by Gasteiger charge is 2.20. The van der Waals surface area contributed by atoms with Gasteiger partial charge in [0.25, 0.3) is 0 Å². The Morgan fingerprint density at radius 1 is 1.05 bits per heavy atom. The number of para-hydroxylation sites is 1. The van der Waals surface area contributed by atoms with Gasteiger partial charge < -0.3 is 10.1 Å². The molecule has 0 amide bonds. The molecule has 1 aliphatic heterocycles. The van der Waals surface area contributed by atoms with Crippen LogP contribution in [0.1, 0.15) is 17.9 Å². The van der Waals surface area contributed by atoms with Gasteiger partial charge in [0.15, 0.2) is 0 Å². The van der Waals surface area contributed by atoms with E-state index in [4.69, 9.17) is 4.74 Å². The first kappa shape index (κ1) is 14.5. The number of hydrogen-bond acceptors (Lipinski definition) is 3. The van der Waals surface area contributed by atoms with Crippen LogP contribution in [0, 0.1) is 0 Å². The maximum atomic E-state index is 5.71. The minimum atomic E-state index is 0.580. The van der Waals surface area contributed by atoms with Gasteiger partial charge in [0.2, 0.25) is 0 Å². The van der Waals surface area contributed by atoms with Crippen molar-refractivity contribution in [2.75, 3.05) is 25.4 Å². The van der Waals surface area contributed by atoms with Crippen molar-refractivity contribution in [1.82, 2.24) is 5.32 Å². The summed E-state index contributed by atoms with van der Waals surface area (Å²) in [6, 6.07) is 19.0. The lowest BCUT2D eigenvalue weighted by Gasteiger charge is -2.26. The third-order valence-electron chi connectivity index (χ3n) is 3.76. The minimum absolute atomic E-state index is 0.580. The van der Waals surface area contributed by atoms with Gasteiger partial charge in [-0.1, -0.05) is 36.4 Å². The van der Waals surface area contributed by atoms with Gasteiger partial charge in [-0.25, -0.2) is 0 Å². The largest absolute Gasteiger partial charge is 0.493 e. The first-order valence-electron chi connectivity index (χ1n) is 7.54. The van der Waals surface area contributed by atoms with Crippen molar-refractivity contribution in [3.8, 4) is 5.75 Å². The van der Waals surface area contributed by atoms with Crippen molar-refractivity contribution in [3.05, 3.63) is 60.2 Å². The lowest BCUT2D eigenvalue weighted by molar-refractivity contribution is 0.265. The average Bonchev–Trinajstić information content (AvgIpc) is 2.56. The monoisotopic (exact) mass is 299 g/mol. The molecule has 2 aromatic carbocycles. The van der Waals surface area contributed by atoms with Crippen LogP contribution in [0.5, 0.6) is 5.75 Å². The number of hydrogen-bond donors (Lipinski definition) is 1. The maximum Gasteiger partial charge on any atom is 0.122 e. The van der Waals surface area contributed by atoms with Crippen molar-refractivity contribution < 1.29 is 4.74 Å². The molecule has 2 nitrogen and oxygen atoms in total. The molecule has 3 heteroatoms. The zero-order valence-electron chi connectivity index (χ0n) is 12.1. The van der Waals surface area contributed by atoms with Crippen LogP contribution in [0.15, 0.2) is 59.5 Å². The number of rotatable bonds is 6. The summed E-state index contributed by atoms with van der Waals surface area (Å²) in [6.45, 7) is 2.91. The zero-order valence-corrected chi connectivity index (χ0v) is 12.9. The number of ether oxygens (including phenoxy) is 1. The van der Waals surface area contributed by atoms with Crippen molar-refractivity contribution >= 4 is 11.8 Å². The molecule has 0 saturated heterocycles. The van der Waals surface area contributed by atoms with E-state index in [0.29, 0.717) is 5.92 Å². The molecule has 0 aromatic heterocycles. The molecule has 1 atom stereocenters. The summed E-state index contributed by atoms with van der Waals surface area (Å²) in [4.78, 5) is 1.34. The van der Waals surface area contributed by atoms with Crippen molar-refractivity contribution in [3.63, 3.8) is 0 Å². The highest BCUT2D eigenvalue weighted by Crippen LogP contribution is 2.32. The molecule has 0 radical (unpaired) electrons. The molecular weight excluding hydrogens is 278 g/mol. The third-order valence-corrected chi connectivity index (χ3v) is 4.78. The fourth-order valence-electron chi connectivity index (χ4n) is 2.66. The first-order valence-corrected chi connectivity index (χ1v) is 8.52. The number of thioether (sulfide) groups is 1. The van der Waals surface area contributed by atoms with E-state index in [0.717, 1.165) is 37.6 Å². The molecular formula is C18H21NOS. The Labute approximate surface area is 130 Å². The Morgan fingerprint density at radius 2 is 1.86 bits per heavy atom. The second-order valence-electron chi connectivity index (χ2n) is 5.24. The Hall–Kier alpha value is -1.45. The summed E-state index contributed by atoms with van der Waals surface area (Å²) < 4.78 is 5.71. The van der Waals surface area contributed by atoms with Gasteiger partial charge in [0.05, 0.1) is 6.61 Å². The van der Waals surface area contributed by atoms with Crippen LogP contribution in [-0.4, -0.2) is 25.4 Å². The standard InChI is InChI=1S/C18H21NOS/c1-2-6-16(7-3-1)21-13-11-19-14-15-10-12-20-18-9-5-4-8-17(15)18/h1-9,15,19H,10-14H2. The fraction of sp³-hybridized carbons (Fsp3) is 0.333. The Bertz CT molecular complexity index is 558. The van der Waals surface area contributed by atoms with E-state index < -0.39 is 0 Å². The van der Waals surface area contributed by atoms with Crippen LogP contribution in [0.25, 0.3) is 0 Å². The Morgan fingerprint density at radius 3 is 2.76 bits per heavy atom. The van der Waals surface area contributed by atoms with Gasteiger partial charge >= 0.3 is 0 Å². The molecule has 1 unspecified atom stereocenters. The normalized spacial score (nSPS) is 17.0. The van der Waals surface area contributed by atoms with E-state index in [9.17, 15) is 0 Å². The fourth-order valence-corrected chi connectivity index (χ4v) is 3.49. The molecule has 1 N–H and O–H groups in total. The number of benzene rings is 2. The molecule has 21 heavy (non-hydrogen) atoms. The molecule has 1 heterocycles. The quantitative estimate of drug-likeness (QED) is 0.645. The van der Waals surface area contributed by atoms with Crippen LogP contribution >= 0.6 is 11.8 Å². The van der Waals surface area contributed by atoms with Crippen LogP contribution in [0.3, 0.4) is 0 Å². The van der Waals surface area contributed by atoms with E-state index in [1.54, 1.807) is 0 Å². The zero-order chi connectivity index (χ0) is 14.3. The van der Waals surface area contributed by atoms with Gasteiger partial charge in [-0.15, -0.1) is 11.8 Å². The summed E-state index contributed by atoms with van der Waals surface area (Å²) in [5, 5.41) is 3.59. The predicted molar refractivity (Wildman–Crippen MR) is 89.3 cm³/mol. The van der Waals surface area contributed by atoms with Crippen molar-refractivity contribution in [1.29, 1.82) is 0 Å². The molecule has 2 aromatic rings. The van der Waals surface area contributed by atoms with Gasteiger partial charge in [-0.3, -0.25) is 0 Å². The lowest BCUT2D eigenvalue weighted by atomic mass is 9.93. The highest BCUT2D eigenvalue weighted by atomic mass is 32.2. The SMILES string of the molecule is c1ccc(SCCNCC2CCOc3ccccc32)cc1. The third kappa shape index (κ3) is 4.02. The van der Waals surface area contributed by atoms with Crippen LogP contribution in [0.2, 0.25) is 0 Å². The number of nitrogens with one attached hydrogen (secondary N) is 1. The van der Waals surface area contributed by atoms with Crippen LogP contribution in [0.4, 0.5) is 0 Å². The molecule has 0 aliphatic carbocycles. The van der Waals surface area contributed by atoms with E-state index in [1.165, 1.54) is 10.5 Å². The lowest BCUT2D eigenvalue weighted by Crippen LogP contribution is -2.27. The van der Waals surface area contributed by atoms with E-state index >= 15 is 0 Å². The molecule has 0 fully saturated rings. The molecule has 3 rings (SSSR count). The number of fused-ring (bicyclic) bond motifs is 1. The summed E-state index contributed by atoms with van der Waals surface area (Å²) in [7, 11) is 0. The van der Waals surface area contributed by atoms with Crippen molar-refractivity contribution in [2.24, 2.45) is 0 Å². The minimum Gasteiger partial charge on any atom is -0.493 e. The topological polar surface area (TPSA) is 21.3 Å². The second kappa shape index (κ2) is 7.53. The van der Waals surface area contributed by atoms with Gasteiger partial charge in [-0.2, -0.15) is 0 Å². The summed E-state index contributed by atoms with van der Waals surface area (Å²) in [5.74, 6) is 2.75. The Kier molecular flexibility index (Phi) is 5.19. The molecule has 1 aliphatic rings. The molecule has 0 saturated carbocycles. The van der Waals surface area contributed by atoms with Gasteiger partial charge in [0, 0.05) is 29.7 Å². The van der Waals surface area contributed by atoms with Crippen molar-refractivity contribution in [2.45, 2.75) is 17.2 Å². The molecule has 110 valence electrons. The van der Waals surface area contributed by atoms with E-state index in [-0.39, 0.29) is 0 Å². The predicted octanol–water partition coefficient (Wildman–Crippen LogP) is 3.93. The Balaban J connectivity index is 1.42. The van der Waals surface area contributed by atoms with E-state index in [2.05, 4.69) is 53.8 Å². The smallest absolute Gasteiger partial charge is 0.122 e. The summed E-state index contributed by atoms with van der Waals surface area (Å²) >= 11 is 1.91. The maximum absolute atomic E-state index is 5.71. The van der Waals surface area contributed by atoms with E-state index in [1.807, 2.05) is 17.8 Å². The van der Waals surface area contributed by atoms with Crippen LogP contribution in [-0.2, 0) is 0 Å². The summed E-state index contributed by atoms with van der Waals surface area (Å²) in [5.41, 5.74) is 1.35. The highest BCUT2D eigenvalue weighted by molar-refractivity contribution is 7.99. The summed E-state index contributed by atoms with van der Waals surface area (Å²) in [6.07, 6.45) is 1.11. The van der Waals surface area contributed by atoms with Crippen LogP contribution < -0.4 is 10.1 Å². The first-order chi connectivity index (χ1) is 10.4. The average molecular weight is 299 g/mol. The molecule has 0 spiro atoms. The van der Waals surface area contributed by atoms with Gasteiger partial charge in [-0.05, 0) is 30.2 Å². The molecule has 0 bridgehead atoms.